The zero-order chi connectivity index (χ0) is 30.5. The van der Waals surface area contributed by atoms with Crippen LogP contribution in [0.1, 0.15) is 142 Å². The summed E-state index contributed by atoms with van der Waals surface area (Å²) in [5.74, 6) is 2.62. The number of benzene rings is 2. The standard InChI is InChI=1S/C43H56.2ClH.Zr/c1-40(2,3)28-19-21-31-32-22-20-29(41(4,5)6)24-36(32)39(35(31)23-28)43(27-15-11-10-12-16-27)37-18-14-13-17-33(37)34-25-30(26-38(34)43)42(7,8)9;;;/h10-11,19-24,26-27,33,37,39H,12-18,25H2,1-9H3;2*1H;/q;;;+2/p-2. The Kier molecular flexibility index (Phi) is 10.8. The van der Waals surface area contributed by atoms with E-state index < -0.39 is 0 Å². The molecule has 0 amide bonds. The fourth-order valence-corrected chi connectivity index (χ4v) is 10.2. The molecule has 0 radical (unpaired) electrons. The SMILES string of the molecule is CC(C)(C)C1=CC2=C(C1)C1CCCCC1C2(C1CC=CCC1)C1c2cc(C(C)(C)C)ccc2-c2ccc(C(C)(C)C)cc21.[Cl-].[Cl-].[Zr+2]. The Balaban J connectivity index is 0.00000160. The van der Waals surface area contributed by atoms with Gasteiger partial charge >= 0.3 is 26.2 Å². The van der Waals surface area contributed by atoms with Gasteiger partial charge in [0.25, 0.3) is 0 Å². The summed E-state index contributed by atoms with van der Waals surface area (Å²) in [6.45, 7) is 21.7. The average Bonchev–Trinajstić information content (AvgIpc) is 3.61. The summed E-state index contributed by atoms with van der Waals surface area (Å²) < 4.78 is 0. The van der Waals surface area contributed by atoms with Crippen LogP contribution in [0.15, 0.2) is 71.3 Å². The van der Waals surface area contributed by atoms with Crippen molar-refractivity contribution in [3.05, 3.63) is 93.6 Å². The minimum Gasteiger partial charge on any atom is -1.00 e. The monoisotopic (exact) mass is 732 g/mol. The third-order valence-corrected chi connectivity index (χ3v) is 12.5. The normalized spacial score (nSPS) is 27.1. The molecule has 3 heteroatoms. The van der Waals surface area contributed by atoms with E-state index in [1.807, 2.05) is 5.57 Å². The van der Waals surface area contributed by atoms with Gasteiger partial charge in [-0.2, -0.15) is 0 Å². The van der Waals surface area contributed by atoms with Crippen LogP contribution in [-0.2, 0) is 37.0 Å². The Hall–Kier alpha value is -0.877. The summed E-state index contributed by atoms with van der Waals surface area (Å²) in [5, 5.41) is 0. The molecule has 7 rings (SSSR count). The minimum atomic E-state index is 0. The average molecular weight is 735 g/mol. The molecule has 5 aliphatic rings. The molecule has 4 atom stereocenters. The van der Waals surface area contributed by atoms with Gasteiger partial charge in [-0.05, 0) is 111 Å². The molecule has 2 aromatic carbocycles. The van der Waals surface area contributed by atoms with E-state index >= 15 is 0 Å². The molecule has 4 unspecified atom stereocenters. The zero-order valence-electron chi connectivity index (χ0n) is 29.9. The first-order valence-electron chi connectivity index (χ1n) is 17.6. The first kappa shape index (κ1) is 37.9. The second kappa shape index (κ2) is 13.1. The van der Waals surface area contributed by atoms with Gasteiger partial charge in [-0.15, -0.1) is 0 Å². The summed E-state index contributed by atoms with van der Waals surface area (Å²) in [6.07, 6.45) is 18.5. The van der Waals surface area contributed by atoms with Crippen LogP contribution in [0, 0.1) is 28.6 Å². The Morgan fingerprint density at radius 3 is 1.74 bits per heavy atom. The molecule has 5 aliphatic carbocycles. The minimum absolute atomic E-state index is 0. The predicted molar refractivity (Wildman–Crippen MR) is 185 cm³/mol. The van der Waals surface area contributed by atoms with E-state index in [1.165, 1.54) is 73.6 Å². The van der Waals surface area contributed by atoms with Gasteiger partial charge in [0.05, 0.1) is 0 Å². The van der Waals surface area contributed by atoms with Crippen LogP contribution in [0.5, 0.6) is 0 Å². The third-order valence-electron chi connectivity index (χ3n) is 12.5. The third kappa shape index (κ3) is 5.87. The van der Waals surface area contributed by atoms with E-state index in [-0.39, 0.29) is 72.7 Å². The van der Waals surface area contributed by atoms with Crippen LogP contribution >= 0.6 is 0 Å². The Morgan fingerprint density at radius 1 is 0.674 bits per heavy atom. The molecule has 1 fully saturated rings. The molecule has 0 spiro atoms. The predicted octanol–water partition coefficient (Wildman–Crippen LogP) is 6.23. The number of halogens is 2. The summed E-state index contributed by atoms with van der Waals surface area (Å²) in [4.78, 5) is 0. The van der Waals surface area contributed by atoms with Crippen LogP contribution in [0.4, 0.5) is 0 Å². The smallest absolute Gasteiger partial charge is 1.00 e. The van der Waals surface area contributed by atoms with Crippen molar-refractivity contribution in [1.82, 2.24) is 0 Å². The van der Waals surface area contributed by atoms with Crippen LogP contribution in [0.25, 0.3) is 11.1 Å². The maximum atomic E-state index is 2.80. The Bertz CT molecular complexity index is 1490. The maximum Gasteiger partial charge on any atom is 2.00 e. The van der Waals surface area contributed by atoms with E-state index in [2.05, 4.69) is 117 Å². The van der Waals surface area contributed by atoms with Crippen LogP contribution in [0.2, 0.25) is 0 Å². The second-order valence-corrected chi connectivity index (χ2v) is 18.0. The topological polar surface area (TPSA) is 0 Å². The van der Waals surface area contributed by atoms with E-state index in [9.17, 15) is 0 Å². The van der Waals surface area contributed by atoms with Crippen molar-refractivity contribution in [3.8, 4) is 11.1 Å². The summed E-state index contributed by atoms with van der Waals surface area (Å²) in [5.41, 5.74) is 15.3. The molecular weight excluding hydrogens is 679 g/mol. The van der Waals surface area contributed by atoms with Crippen molar-refractivity contribution in [1.29, 1.82) is 0 Å². The van der Waals surface area contributed by atoms with Crippen LogP contribution < -0.4 is 24.8 Å². The van der Waals surface area contributed by atoms with Gasteiger partial charge in [0, 0.05) is 11.3 Å². The molecule has 1 saturated carbocycles. The molecule has 0 heterocycles. The fourth-order valence-electron chi connectivity index (χ4n) is 10.2. The van der Waals surface area contributed by atoms with Crippen molar-refractivity contribution in [2.45, 2.75) is 130 Å². The van der Waals surface area contributed by atoms with Gasteiger partial charge in [0.2, 0.25) is 0 Å². The first-order chi connectivity index (χ1) is 20.2. The first-order valence-corrected chi connectivity index (χ1v) is 17.6. The van der Waals surface area contributed by atoms with Crippen molar-refractivity contribution >= 4 is 0 Å². The molecule has 0 aliphatic heterocycles. The molecular formula is C43H56Cl2Zr. The number of hydrogen-bond acceptors (Lipinski definition) is 0. The molecule has 2 aromatic rings. The van der Waals surface area contributed by atoms with Gasteiger partial charge in [0.1, 0.15) is 0 Å². The summed E-state index contributed by atoms with van der Waals surface area (Å²) in [6, 6.07) is 15.2. The van der Waals surface area contributed by atoms with E-state index in [1.54, 1.807) is 22.3 Å². The van der Waals surface area contributed by atoms with E-state index in [0.29, 0.717) is 11.8 Å². The van der Waals surface area contributed by atoms with Gasteiger partial charge in [0.15, 0.2) is 0 Å². The van der Waals surface area contributed by atoms with E-state index in [0.717, 1.165) is 11.8 Å². The van der Waals surface area contributed by atoms with Crippen molar-refractivity contribution in [2.75, 3.05) is 0 Å². The fraction of sp³-hybridized carbons (Fsp3) is 0.581. The number of allylic oxidation sites excluding steroid dienone is 6. The molecule has 0 N–H and O–H groups in total. The Morgan fingerprint density at radius 2 is 1.24 bits per heavy atom. The van der Waals surface area contributed by atoms with Crippen LogP contribution in [-0.4, -0.2) is 0 Å². The van der Waals surface area contributed by atoms with Crippen molar-refractivity contribution in [3.63, 3.8) is 0 Å². The molecule has 0 aromatic heterocycles. The van der Waals surface area contributed by atoms with Gasteiger partial charge in [-0.3, -0.25) is 0 Å². The number of hydrogen-bond donors (Lipinski definition) is 0. The Labute approximate surface area is 312 Å². The van der Waals surface area contributed by atoms with Crippen molar-refractivity contribution < 1.29 is 51.0 Å². The van der Waals surface area contributed by atoms with Crippen molar-refractivity contribution in [2.24, 2.45) is 28.6 Å². The van der Waals surface area contributed by atoms with Gasteiger partial charge < -0.3 is 24.8 Å². The molecule has 246 valence electrons. The quantitative estimate of drug-likeness (QED) is 0.321. The van der Waals surface area contributed by atoms with Crippen LogP contribution in [0.3, 0.4) is 0 Å². The van der Waals surface area contributed by atoms with Gasteiger partial charge in [-0.25, -0.2) is 0 Å². The molecule has 46 heavy (non-hydrogen) atoms. The largest absolute Gasteiger partial charge is 2.00 e. The molecule has 0 bridgehead atoms. The zero-order valence-corrected chi connectivity index (χ0v) is 33.9. The maximum absolute atomic E-state index is 2.80. The number of rotatable bonds is 2. The number of fused-ring (bicyclic) bond motifs is 5. The second-order valence-electron chi connectivity index (χ2n) is 18.0. The summed E-state index contributed by atoms with van der Waals surface area (Å²) in [7, 11) is 0. The van der Waals surface area contributed by atoms with E-state index in [4.69, 9.17) is 0 Å². The molecule has 0 saturated heterocycles. The summed E-state index contributed by atoms with van der Waals surface area (Å²) >= 11 is 0. The van der Waals surface area contributed by atoms with Gasteiger partial charge in [-0.1, -0.05) is 141 Å². The molecule has 0 nitrogen and oxygen atoms in total.